The van der Waals surface area contributed by atoms with Gasteiger partial charge in [-0.25, -0.2) is 9.78 Å². The molecule has 2 N–H and O–H groups in total. The van der Waals surface area contributed by atoms with Crippen molar-refractivity contribution in [2.45, 2.75) is 20.3 Å². The van der Waals surface area contributed by atoms with E-state index in [0.29, 0.717) is 11.5 Å². The van der Waals surface area contributed by atoms with Crippen molar-refractivity contribution >= 4 is 39.9 Å². The molecule has 0 saturated carbocycles. The van der Waals surface area contributed by atoms with Crippen LogP contribution in [0.25, 0.3) is 16.6 Å². The van der Waals surface area contributed by atoms with Gasteiger partial charge in [0.25, 0.3) is 0 Å². The number of aromatic nitrogens is 2. The first-order valence-corrected chi connectivity index (χ1v) is 14.2. The summed E-state index contributed by atoms with van der Waals surface area (Å²) in [7, 11) is 0. The van der Waals surface area contributed by atoms with Crippen molar-refractivity contribution in [2.75, 3.05) is 37.6 Å². The molecule has 0 atom stereocenters. The van der Waals surface area contributed by atoms with E-state index >= 15 is 0 Å². The molecular weight excluding hydrogens is 536 g/mol. The first kappa shape index (κ1) is 27.1. The summed E-state index contributed by atoms with van der Waals surface area (Å²) in [5, 5.41) is 11.4. The molecule has 2 aromatic heterocycles. The minimum atomic E-state index is -1.03. The molecule has 6 rings (SSSR count). The van der Waals surface area contributed by atoms with Crippen LogP contribution in [0.2, 0.25) is 5.02 Å². The van der Waals surface area contributed by atoms with Crippen molar-refractivity contribution in [3.8, 4) is 11.5 Å². The zero-order valence-corrected chi connectivity index (χ0v) is 24.0. The van der Waals surface area contributed by atoms with Crippen molar-refractivity contribution in [3.63, 3.8) is 0 Å². The monoisotopic (exact) mass is 568 g/mol. The van der Waals surface area contributed by atoms with E-state index in [-0.39, 0.29) is 11.0 Å². The molecule has 1 aliphatic carbocycles. The number of aromatic carboxylic acids is 1. The third-order valence-electron chi connectivity index (χ3n) is 7.88. The highest BCUT2D eigenvalue weighted by atomic mass is 35.5. The van der Waals surface area contributed by atoms with Crippen molar-refractivity contribution in [1.29, 1.82) is 0 Å². The van der Waals surface area contributed by atoms with Gasteiger partial charge >= 0.3 is 5.97 Å². The van der Waals surface area contributed by atoms with Crippen molar-refractivity contribution < 1.29 is 14.6 Å². The molecule has 0 spiro atoms. The number of hydrogen-bond acceptors (Lipinski definition) is 5. The number of piperazine rings is 1. The molecule has 0 radical (unpaired) electrons. The largest absolute Gasteiger partial charge is 0.478 e. The molecule has 0 unspecified atom stereocenters. The fourth-order valence-electron chi connectivity index (χ4n) is 5.62. The van der Waals surface area contributed by atoms with Crippen LogP contribution in [0.3, 0.4) is 0 Å². The summed E-state index contributed by atoms with van der Waals surface area (Å²) >= 11 is 6.17. The summed E-state index contributed by atoms with van der Waals surface area (Å²) in [6.45, 7) is 8.91. The fourth-order valence-corrected chi connectivity index (χ4v) is 5.74. The third kappa shape index (κ3) is 6.01. The molecule has 210 valence electrons. The van der Waals surface area contributed by atoms with E-state index in [4.69, 9.17) is 16.3 Å². The topological polar surface area (TPSA) is 81.7 Å². The van der Waals surface area contributed by atoms with Gasteiger partial charge in [-0.05, 0) is 64.9 Å². The fraction of sp³-hybridized carbons (Fsp3) is 0.273. The van der Waals surface area contributed by atoms with Gasteiger partial charge in [-0.3, -0.25) is 4.90 Å². The van der Waals surface area contributed by atoms with Gasteiger partial charge in [0.1, 0.15) is 22.7 Å². The molecule has 1 saturated heterocycles. The van der Waals surface area contributed by atoms with Gasteiger partial charge in [0.05, 0.1) is 6.20 Å². The SMILES string of the molecule is CC1(C)C=CC(CN2CCN(c3ccc(C(=O)O)c(Oc4cnc5[nH]ccc5c4)c3)CC2)=C(c2ccc(Cl)cc2)C1. The Balaban J connectivity index is 1.17. The first-order valence-electron chi connectivity index (χ1n) is 13.9. The minimum Gasteiger partial charge on any atom is -0.478 e. The molecule has 4 aromatic rings. The highest BCUT2D eigenvalue weighted by Gasteiger charge is 2.26. The molecule has 2 aliphatic rings. The Bertz CT molecular complexity index is 1650. The average Bonchev–Trinajstić information content (AvgIpc) is 3.43. The standard InChI is InChI=1S/C33H33ClN4O3/c1-33(2)11-9-24(29(19-33)22-3-5-25(34)6-4-22)21-37-13-15-38(16-14-37)26-7-8-28(32(39)40)30(18-26)41-27-17-23-10-12-35-31(23)36-20-27/h3-12,17-18,20H,13-16,19,21H2,1-2H3,(H,35,36)(H,39,40). The van der Waals surface area contributed by atoms with Crippen LogP contribution in [-0.2, 0) is 0 Å². The van der Waals surface area contributed by atoms with Crippen molar-refractivity contribution in [1.82, 2.24) is 14.9 Å². The van der Waals surface area contributed by atoms with Crippen LogP contribution in [0.1, 0.15) is 36.2 Å². The summed E-state index contributed by atoms with van der Waals surface area (Å²) in [6, 6.07) is 17.3. The quantitative estimate of drug-likeness (QED) is 0.244. The second-order valence-electron chi connectivity index (χ2n) is 11.4. The van der Waals surface area contributed by atoms with Gasteiger partial charge in [-0.1, -0.05) is 49.7 Å². The Morgan fingerprint density at radius 1 is 1.07 bits per heavy atom. The van der Waals surface area contributed by atoms with Crippen molar-refractivity contribution in [3.05, 3.63) is 101 Å². The molecule has 1 aliphatic heterocycles. The first-order chi connectivity index (χ1) is 19.7. The highest BCUT2D eigenvalue weighted by molar-refractivity contribution is 6.30. The predicted octanol–water partition coefficient (Wildman–Crippen LogP) is 7.27. The van der Waals surface area contributed by atoms with E-state index < -0.39 is 5.97 Å². The lowest BCUT2D eigenvalue weighted by Gasteiger charge is -2.37. The lowest BCUT2D eigenvalue weighted by Crippen LogP contribution is -2.47. The van der Waals surface area contributed by atoms with E-state index in [1.165, 1.54) is 16.7 Å². The van der Waals surface area contributed by atoms with Crippen LogP contribution in [0.5, 0.6) is 11.5 Å². The number of H-pyrrole nitrogens is 1. The number of nitrogens with zero attached hydrogens (tertiary/aromatic N) is 3. The van der Waals surface area contributed by atoms with Gasteiger partial charge in [0.15, 0.2) is 0 Å². The van der Waals surface area contributed by atoms with Crippen LogP contribution in [-0.4, -0.2) is 58.7 Å². The maximum absolute atomic E-state index is 12.0. The number of benzene rings is 2. The van der Waals surface area contributed by atoms with Crippen LogP contribution in [0.15, 0.2) is 84.7 Å². The molecule has 0 bridgehead atoms. The molecule has 2 aromatic carbocycles. The van der Waals surface area contributed by atoms with Crippen LogP contribution in [0.4, 0.5) is 5.69 Å². The number of ether oxygens (including phenoxy) is 1. The van der Waals surface area contributed by atoms with E-state index in [2.05, 4.69) is 57.9 Å². The number of rotatable bonds is 7. The molecule has 3 heterocycles. The average molecular weight is 569 g/mol. The maximum Gasteiger partial charge on any atom is 0.339 e. The molecule has 1 fully saturated rings. The van der Waals surface area contributed by atoms with Crippen molar-refractivity contribution in [2.24, 2.45) is 5.41 Å². The summed E-state index contributed by atoms with van der Waals surface area (Å²) in [4.78, 5) is 24.1. The van der Waals surface area contributed by atoms with Crippen LogP contribution < -0.4 is 9.64 Å². The Morgan fingerprint density at radius 2 is 1.85 bits per heavy atom. The lowest BCUT2D eigenvalue weighted by atomic mass is 9.77. The summed E-state index contributed by atoms with van der Waals surface area (Å²) in [5.41, 5.74) is 5.91. The number of hydrogen-bond donors (Lipinski definition) is 2. The summed E-state index contributed by atoms with van der Waals surface area (Å²) in [6.07, 6.45) is 9.03. The normalized spacial score (nSPS) is 17.3. The van der Waals surface area contributed by atoms with E-state index in [1.807, 2.05) is 42.6 Å². The zero-order valence-electron chi connectivity index (χ0n) is 23.2. The Morgan fingerprint density at radius 3 is 2.61 bits per heavy atom. The number of pyridine rings is 1. The lowest BCUT2D eigenvalue weighted by molar-refractivity contribution is 0.0694. The van der Waals surface area contributed by atoms with E-state index in [0.717, 1.165) is 60.9 Å². The Kier molecular flexibility index (Phi) is 7.32. The number of carboxylic acids is 1. The number of allylic oxidation sites excluding steroid dienone is 2. The number of nitrogens with one attached hydrogen (secondary N) is 1. The van der Waals surface area contributed by atoms with Gasteiger partial charge < -0.3 is 19.7 Å². The summed E-state index contributed by atoms with van der Waals surface area (Å²) in [5.74, 6) is -0.225. The number of anilines is 1. The van der Waals surface area contributed by atoms with Crippen LogP contribution >= 0.6 is 11.6 Å². The second kappa shape index (κ2) is 11.1. The van der Waals surface area contributed by atoms with Crippen LogP contribution in [0, 0.1) is 5.41 Å². The number of fused-ring (bicyclic) bond motifs is 1. The predicted molar refractivity (Wildman–Crippen MR) is 164 cm³/mol. The van der Waals surface area contributed by atoms with Gasteiger partial charge in [-0.15, -0.1) is 0 Å². The summed E-state index contributed by atoms with van der Waals surface area (Å²) < 4.78 is 6.06. The Hall–Kier alpha value is -4.07. The zero-order chi connectivity index (χ0) is 28.6. The number of aromatic amines is 1. The minimum absolute atomic E-state index is 0.114. The van der Waals surface area contributed by atoms with Gasteiger partial charge in [0, 0.05) is 61.1 Å². The molecule has 0 amide bonds. The smallest absolute Gasteiger partial charge is 0.339 e. The third-order valence-corrected chi connectivity index (χ3v) is 8.13. The highest BCUT2D eigenvalue weighted by Crippen LogP contribution is 2.39. The van der Waals surface area contributed by atoms with E-state index in [1.54, 1.807) is 12.3 Å². The number of halogens is 1. The molecular formula is C33H33ClN4O3. The molecule has 41 heavy (non-hydrogen) atoms. The number of carbonyl (C=O) groups is 1. The number of carboxylic acid groups (broad SMARTS) is 1. The van der Waals surface area contributed by atoms with Gasteiger partial charge in [0.2, 0.25) is 0 Å². The Labute approximate surface area is 244 Å². The van der Waals surface area contributed by atoms with E-state index in [9.17, 15) is 9.90 Å². The maximum atomic E-state index is 12.0. The molecule has 7 nitrogen and oxygen atoms in total. The second-order valence-corrected chi connectivity index (χ2v) is 11.9. The molecule has 8 heteroatoms. The van der Waals surface area contributed by atoms with Gasteiger partial charge in [-0.2, -0.15) is 0 Å².